The second-order valence-electron chi connectivity index (χ2n) is 3.86. The number of benzene rings is 1. The minimum Gasteiger partial charge on any atom is -0.497 e. The molecule has 5 heteroatoms. The second kappa shape index (κ2) is 6.26. The number of esters is 1. The predicted molar refractivity (Wildman–Crippen MR) is 65.7 cm³/mol. The highest BCUT2D eigenvalue weighted by molar-refractivity contribution is 5.74. The molecule has 0 bridgehead atoms. The van der Waals surface area contributed by atoms with Crippen LogP contribution < -0.4 is 9.47 Å². The number of methoxy groups -OCH3 is 2. The van der Waals surface area contributed by atoms with E-state index in [4.69, 9.17) is 9.47 Å². The molecule has 0 saturated heterocycles. The normalized spacial score (nSPS) is 13.6. The van der Waals surface area contributed by atoms with Crippen molar-refractivity contribution in [1.82, 2.24) is 0 Å². The summed E-state index contributed by atoms with van der Waals surface area (Å²) in [5.41, 5.74) is 0.589. The maximum Gasteiger partial charge on any atom is 0.346 e. The van der Waals surface area contributed by atoms with Crippen LogP contribution in [0.4, 0.5) is 0 Å². The molecule has 0 spiro atoms. The molecule has 0 aliphatic carbocycles. The van der Waals surface area contributed by atoms with Gasteiger partial charge in [-0.1, -0.05) is 0 Å². The fraction of sp³-hybridized carbons (Fsp3) is 0.462. The smallest absolute Gasteiger partial charge is 0.346 e. The van der Waals surface area contributed by atoms with Gasteiger partial charge in [-0.3, -0.25) is 0 Å². The van der Waals surface area contributed by atoms with Gasteiger partial charge >= 0.3 is 5.97 Å². The Morgan fingerprint density at radius 3 is 2.44 bits per heavy atom. The molecule has 100 valence electrons. The third kappa shape index (κ3) is 3.37. The van der Waals surface area contributed by atoms with E-state index < -0.39 is 18.2 Å². The van der Waals surface area contributed by atoms with Crippen molar-refractivity contribution in [2.75, 3.05) is 14.2 Å². The van der Waals surface area contributed by atoms with Crippen LogP contribution >= 0.6 is 0 Å². The van der Waals surface area contributed by atoms with Gasteiger partial charge in [-0.2, -0.15) is 0 Å². The molecule has 0 aliphatic rings. The van der Waals surface area contributed by atoms with Crippen LogP contribution in [0.25, 0.3) is 0 Å². The molecule has 1 aromatic rings. The van der Waals surface area contributed by atoms with E-state index in [1.807, 2.05) is 0 Å². The SMILES string of the molecule is COC(=O)C(C)Oc1cc(OC)ccc1C(C)O. The van der Waals surface area contributed by atoms with Crippen molar-refractivity contribution in [2.24, 2.45) is 0 Å². The highest BCUT2D eigenvalue weighted by Crippen LogP contribution is 2.30. The first kappa shape index (κ1) is 14.3. The van der Waals surface area contributed by atoms with E-state index in [1.54, 1.807) is 32.0 Å². The van der Waals surface area contributed by atoms with Gasteiger partial charge in [-0.25, -0.2) is 4.79 Å². The topological polar surface area (TPSA) is 65.0 Å². The first-order valence-electron chi connectivity index (χ1n) is 5.60. The zero-order chi connectivity index (χ0) is 13.7. The van der Waals surface area contributed by atoms with E-state index in [0.717, 1.165) is 0 Å². The summed E-state index contributed by atoms with van der Waals surface area (Å²) in [4.78, 5) is 11.3. The van der Waals surface area contributed by atoms with Crippen LogP contribution in [0.1, 0.15) is 25.5 Å². The summed E-state index contributed by atoms with van der Waals surface area (Å²) in [7, 11) is 2.83. The number of aliphatic hydroxyl groups is 1. The van der Waals surface area contributed by atoms with Crippen molar-refractivity contribution < 1.29 is 24.1 Å². The fourth-order valence-corrected chi connectivity index (χ4v) is 1.49. The van der Waals surface area contributed by atoms with E-state index in [1.165, 1.54) is 14.2 Å². The van der Waals surface area contributed by atoms with Gasteiger partial charge in [0.15, 0.2) is 6.10 Å². The molecule has 1 N–H and O–H groups in total. The number of rotatable bonds is 5. The average Bonchev–Trinajstić information content (AvgIpc) is 2.37. The van der Waals surface area contributed by atoms with Gasteiger partial charge in [-0.15, -0.1) is 0 Å². The van der Waals surface area contributed by atoms with E-state index in [-0.39, 0.29) is 0 Å². The molecule has 0 heterocycles. The summed E-state index contributed by atoms with van der Waals surface area (Å²) in [6.45, 7) is 3.20. The molecule has 0 aromatic heterocycles. The molecule has 1 rings (SSSR count). The number of ether oxygens (including phenoxy) is 3. The van der Waals surface area contributed by atoms with Crippen molar-refractivity contribution in [1.29, 1.82) is 0 Å². The van der Waals surface area contributed by atoms with Gasteiger partial charge in [0.25, 0.3) is 0 Å². The molecule has 18 heavy (non-hydrogen) atoms. The Bertz CT molecular complexity index is 414. The molecule has 0 saturated carbocycles. The zero-order valence-electron chi connectivity index (χ0n) is 11.0. The van der Waals surface area contributed by atoms with E-state index >= 15 is 0 Å². The number of carbonyl (C=O) groups excluding carboxylic acids is 1. The Labute approximate surface area is 106 Å². The van der Waals surface area contributed by atoms with Crippen molar-refractivity contribution in [3.05, 3.63) is 23.8 Å². The maximum absolute atomic E-state index is 11.3. The largest absolute Gasteiger partial charge is 0.497 e. The van der Waals surface area contributed by atoms with Gasteiger partial charge in [-0.05, 0) is 26.0 Å². The highest BCUT2D eigenvalue weighted by atomic mass is 16.6. The monoisotopic (exact) mass is 254 g/mol. The van der Waals surface area contributed by atoms with E-state index in [9.17, 15) is 9.90 Å². The Morgan fingerprint density at radius 2 is 1.94 bits per heavy atom. The summed E-state index contributed by atoms with van der Waals surface area (Å²) >= 11 is 0. The quantitative estimate of drug-likeness (QED) is 0.810. The van der Waals surface area contributed by atoms with Crippen LogP contribution in [-0.2, 0) is 9.53 Å². The Hall–Kier alpha value is -1.75. The lowest BCUT2D eigenvalue weighted by Crippen LogP contribution is -2.25. The Morgan fingerprint density at radius 1 is 1.28 bits per heavy atom. The first-order valence-corrected chi connectivity index (χ1v) is 5.60. The molecular formula is C13H18O5. The van der Waals surface area contributed by atoms with Crippen molar-refractivity contribution in [3.63, 3.8) is 0 Å². The molecule has 1 aromatic carbocycles. The predicted octanol–water partition coefficient (Wildman–Crippen LogP) is 1.69. The molecule has 0 radical (unpaired) electrons. The first-order chi connectivity index (χ1) is 8.49. The Balaban J connectivity index is 3.00. The molecule has 2 atom stereocenters. The standard InChI is InChI=1S/C13H18O5/c1-8(14)11-6-5-10(16-3)7-12(11)18-9(2)13(15)17-4/h5-9,14H,1-4H3. The summed E-state index contributed by atoms with van der Waals surface area (Å²) in [6.07, 6.45) is -1.45. The lowest BCUT2D eigenvalue weighted by atomic mass is 10.1. The van der Waals surface area contributed by atoms with Gasteiger partial charge in [0, 0.05) is 11.6 Å². The molecular weight excluding hydrogens is 236 g/mol. The van der Waals surface area contributed by atoms with Crippen LogP contribution in [-0.4, -0.2) is 31.4 Å². The number of aliphatic hydroxyl groups excluding tert-OH is 1. The van der Waals surface area contributed by atoms with Crippen LogP contribution in [0.15, 0.2) is 18.2 Å². The lowest BCUT2D eigenvalue weighted by Gasteiger charge is -2.17. The second-order valence-corrected chi connectivity index (χ2v) is 3.86. The maximum atomic E-state index is 11.3. The molecule has 0 fully saturated rings. The van der Waals surface area contributed by atoms with Gasteiger partial charge in [0.2, 0.25) is 0 Å². The molecule has 2 unspecified atom stereocenters. The Kier molecular flexibility index (Phi) is 4.97. The minimum absolute atomic E-state index is 0.405. The van der Waals surface area contributed by atoms with Gasteiger partial charge in [0.1, 0.15) is 11.5 Å². The number of carbonyl (C=O) groups is 1. The minimum atomic E-state index is -0.750. The third-order valence-electron chi connectivity index (χ3n) is 2.51. The number of hydrogen-bond donors (Lipinski definition) is 1. The summed E-state index contributed by atoms with van der Waals surface area (Å²) in [6, 6.07) is 5.04. The van der Waals surface area contributed by atoms with Crippen molar-refractivity contribution in [2.45, 2.75) is 26.1 Å². The number of hydrogen-bond acceptors (Lipinski definition) is 5. The summed E-state index contributed by atoms with van der Waals surface area (Å²) < 4.78 is 15.2. The van der Waals surface area contributed by atoms with Crippen LogP contribution in [0.5, 0.6) is 11.5 Å². The van der Waals surface area contributed by atoms with E-state index in [0.29, 0.717) is 17.1 Å². The zero-order valence-corrected chi connectivity index (χ0v) is 11.0. The van der Waals surface area contributed by atoms with Gasteiger partial charge < -0.3 is 19.3 Å². The van der Waals surface area contributed by atoms with Gasteiger partial charge in [0.05, 0.1) is 20.3 Å². The van der Waals surface area contributed by atoms with Crippen molar-refractivity contribution >= 4 is 5.97 Å². The highest BCUT2D eigenvalue weighted by Gasteiger charge is 2.18. The summed E-state index contributed by atoms with van der Waals surface area (Å²) in [5, 5.41) is 9.64. The summed E-state index contributed by atoms with van der Waals surface area (Å²) in [5.74, 6) is 0.517. The molecule has 5 nitrogen and oxygen atoms in total. The van der Waals surface area contributed by atoms with Crippen molar-refractivity contribution in [3.8, 4) is 11.5 Å². The molecule has 0 amide bonds. The molecule has 0 aliphatic heterocycles. The lowest BCUT2D eigenvalue weighted by molar-refractivity contribution is -0.148. The van der Waals surface area contributed by atoms with Crippen LogP contribution in [0.2, 0.25) is 0 Å². The average molecular weight is 254 g/mol. The van der Waals surface area contributed by atoms with Crippen LogP contribution in [0.3, 0.4) is 0 Å². The fourth-order valence-electron chi connectivity index (χ4n) is 1.49. The van der Waals surface area contributed by atoms with E-state index in [2.05, 4.69) is 4.74 Å². The van der Waals surface area contributed by atoms with Crippen LogP contribution in [0, 0.1) is 0 Å². The third-order valence-corrected chi connectivity index (χ3v) is 2.51.